The van der Waals surface area contributed by atoms with Crippen LogP contribution in [0.3, 0.4) is 0 Å². The Hall–Kier alpha value is -1.23. The summed E-state index contributed by atoms with van der Waals surface area (Å²) in [4.78, 5) is 2.33. The van der Waals surface area contributed by atoms with Gasteiger partial charge in [0.15, 0.2) is 11.6 Å². The van der Waals surface area contributed by atoms with Crippen LogP contribution in [0.1, 0.15) is 19.3 Å². The highest BCUT2D eigenvalue weighted by atomic mass is 19.1. The third-order valence-electron chi connectivity index (χ3n) is 3.16. The molecule has 0 aromatic heterocycles. The molecule has 1 fully saturated rings. The molecule has 18 heavy (non-hydrogen) atoms. The van der Waals surface area contributed by atoms with Gasteiger partial charge in [-0.05, 0) is 38.9 Å². The number of hydrogen-bond acceptors (Lipinski definition) is 2. The van der Waals surface area contributed by atoms with Gasteiger partial charge in [0, 0.05) is 18.7 Å². The van der Waals surface area contributed by atoms with Crippen molar-refractivity contribution in [2.24, 2.45) is 0 Å². The van der Waals surface area contributed by atoms with Crippen LogP contribution in [0.2, 0.25) is 0 Å². The van der Waals surface area contributed by atoms with E-state index in [0.29, 0.717) is 18.7 Å². The number of benzene rings is 1. The molecule has 0 spiro atoms. The van der Waals surface area contributed by atoms with Crippen LogP contribution >= 0.6 is 0 Å². The number of nitrogens with zero attached hydrogens (tertiary/aromatic N) is 1. The fourth-order valence-electron chi connectivity index (χ4n) is 2.23. The molecule has 0 amide bonds. The molecule has 5 heteroatoms. The average Bonchev–Trinajstić information content (AvgIpc) is 2.79. The minimum absolute atomic E-state index is 0.238. The van der Waals surface area contributed by atoms with E-state index in [4.69, 9.17) is 0 Å². The van der Waals surface area contributed by atoms with Crippen LogP contribution in [-0.2, 0) is 0 Å². The molecule has 0 bridgehead atoms. The van der Waals surface area contributed by atoms with Gasteiger partial charge in [0.1, 0.15) is 11.5 Å². The highest BCUT2D eigenvalue weighted by Gasteiger charge is 2.12. The van der Waals surface area contributed by atoms with Crippen molar-refractivity contribution in [2.45, 2.75) is 19.3 Å². The first-order chi connectivity index (χ1) is 8.66. The summed E-state index contributed by atoms with van der Waals surface area (Å²) in [6, 6.07) is 1.37. The Labute approximate surface area is 105 Å². The van der Waals surface area contributed by atoms with Crippen molar-refractivity contribution in [1.82, 2.24) is 4.90 Å². The number of nitrogens with one attached hydrogen (secondary N) is 1. The van der Waals surface area contributed by atoms with Crippen molar-refractivity contribution in [3.05, 3.63) is 29.6 Å². The van der Waals surface area contributed by atoms with E-state index < -0.39 is 17.5 Å². The first-order valence-electron chi connectivity index (χ1n) is 6.27. The van der Waals surface area contributed by atoms with Crippen LogP contribution < -0.4 is 5.32 Å². The van der Waals surface area contributed by atoms with E-state index in [1.165, 1.54) is 12.8 Å². The zero-order valence-electron chi connectivity index (χ0n) is 10.2. The van der Waals surface area contributed by atoms with Gasteiger partial charge in [0.2, 0.25) is 0 Å². The first kappa shape index (κ1) is 13.2. The minimum atomic E-state index is -0.896. The molecule has 1 heterocycles. The van der Waals surface area contributed by atoms with Crippen LogP contribution in [0, 0.1) is 17.5 Å². The van der Waals surface area contributed by atoms with Gasteiger partial charge in [-0.25, -0.2) is 13.2 Å². The summed E-state index contributed by atoms with van der Waals surface area (Å²) in [5.74, 6) is -2.66. The lowest BCUT2D eigenvalue weighted by atomic mass is 10.2. The third kappa shape index (κ3) is 3.38. The van der Waals surface area contributed by atoms with E-state index in [-0.39, 0.29) is 5.69 Å². The van der Waals surface area contributed by atoms with Crippen molar-refractivity contribution in [2.75, 3.05) is 31.5 Å². The number of halogens is 3. The van der Waals surface area contributed by atoms with Crippen LogP contribution in [0.5, 0.6) is 0 Å². The first-order valence-corrected chi connectivity index (χ1v) is 6.27. The normalized spacial score (nSPS) is 16.2. The molecule has 0 saturated carbocycles. The maximum absolute atomic E-state index is 13.3. The molecule has 0 unspecified atom stereocenters. The molecule has 1 N–H and O–H groups in total. The molecular weight excluding hydrogens is 241 g/mol. The summed E-state index contributed by atoms with van der Waals surface area (Å²) in [5.41, 5.74) is -0.238. The van der Waals surface area contributed by atoms with Gasteiger partial charge in [0.05, 0.1) is 0 Å². The number of hydrogen-bond donors (Lipinski definition) is 1. The van der Waals surface area contributed by atoms with Crippen LogP contribution in [-0.4, -0.2) is 31.1 Å². The average molecular weight is 258 g/mol. The summed E-state index contributed by atoms with van der Waals surface area (Å²) >= 11 is 0. The maximum Gasteiger partial charge on any atom is 0.152 e. The molecule has 1 aliphatic rings. The topological polar surface area (TPSA) is 15.3 Å². The minimum Gasteiger partial charge on any atom is -0.380 e. The van der Waals surface area contributed by atoms with Crippen molar-refractivity contribution < 1.29 is 13.2 Å². The molecule has 0 radical (unpaired) electrons. The molecule has 100 valence electrons. The highest BCUT2D eigenvalue weighted by Crippen LogP contribution is 2.20. The van der Waals surface area contributed by atoms with Gasteiger partial charge in [-0.2, -0.15) is 0 Å². The second kappa shape index (κ2) is 6.09. The van der Waals surface area contributed by atoms with Crippen molar-refractivity contribution in [3.8, 4) is 0 Å². The third-order valence-corrected chi connectivity index (χ3v) is 3.16. The van der Waals surface area contributed by atoms with E-state index in [2.05, 4.69) is 10.2 Å². The summed E-state index contributed by atoms with van der Waals surface area (Å²) in [7, 11) is 0. The molecule has 1 saturated heterocycles. The quantitative estimate of drug-likeness (QED) is 0.817. The molecule has 1 aromatic carbocycles. The predicted molar refractivity (Wildman–Crippen MR) is 65.1 cm³/mol. The largest absolute Gasteiger partial charge is 0.380 e. The molecule has 1 aliphatic heterocycles. The smallest absolute Gasteiger partial charge is 0.152 e. The van der Waals surface area contributed by atoms with Gasteiger partial charge in [0.25, 0.3) is 0 Å². The fourth-order valence-corrected chi connectivity index (χ4v) is 2.23. The van der Waals surface area contributed by atoms with Gasteiger partial charge >= 0.3 is 0 Å². The lowest BCUT2D eigenvalue weighted by Crippen LogP contribution is -2.22. The van der Waals surface area contributed by atoms with Crippen LogP contribution in [0.25, 0.3) is 0 Å². The zero-order chi connectivity index (χ0) is 13.0. The Morgan fingerprint density at radius 2 is 1.67 bits per heavy atom. The monoisotopic (exact) mass is 258 g/mol. The van der Waals surface area contributed by atoms with E-state index in [0.717, 1.165) is 26.1 Å². The van der Waals surface area contributed by atoms with Crippen LogP contribution in [0.4, 0.5) is 18.9 Å². The standard InChI is InChI=1S/C13H17F3N2/c14-10-8-11(15)13(12(16)9-10)17-4-3-7-18-5-1-2-6-18/h8-9,17H,1-7H2. The highest BCUT2D eigenvalue weighted by molar-refractivity contribution is 5.46. The molecule has 1 aromatic rings. The van der Waals surface area contributed by atoms with E-state index in [9.17, 15) is 13.2 Å². The second-order valence-electron chi connectivity index (χ2n) is 4.57. The molecule has 0 atom stereocenters. The fraction of sp³-hybridized carbons (Fsp3) is 0.538. The summed E-state index contributed by atoms with van der Waals surface area (Å²) < 4.78 is 39.3. The van der Waals surface area contributed by atoms with E-state index in [1.54, 1.807) is 0 Å². The number of likely N-dealkylation sites (tertiary alicyclic amines) is 1. The summed E-state index contributed by atoms with van der Waals surface area (Å²) in [6.45, 7) is 3.63. The van der Waals surface area contributed by atoms with Crippen molar-refractivity contribution >= 4 is 5.69 Å². The van der Waals surface area contributed by atoms with Crippen molar-refractivity contribution in [1.29, 1.82) is 0 Å². The van der Waals surface area contributed by atoms with Gasteiger partial charge < -0.3 is 10.2 Å². The van der Waals surface area contributed by atoms with Gasteiger partial charge in [-0.3, -0.25) is 0 Å². The number of rotatable bonds is 5. The Bertz CT molecular complexity index is 380. The SMILES string of the molecule is Fc1cc(F)c(NCCCN2CCCC2)c(F)c1. The van der Waals surface area contributed by atoms with E-state index >= 15 is 0 Å². The second-order valence-corrected chi connectivity index (χ2v) is 4.57. The Balaban J connectivity index is 1.79. The maximum atomic E-state index is 13.3. The molecule has 0 aliphatic carbocycles. The Morgan fingerprint density at radius 3 is 2.28 bits per heavy atom. The van der Waals surface area contributed by atoms with Crippen molar-refractivity contribution in [3.63, 3.8) is 0 Å². The lowest BCUT2D eigenvalue weighted by Gasteiger charge is -2.15. The Morgan fingerprint density at radius 1 is 1.06 bits per heavy atom. The summed E-state index contributed by atoms with van der Waals surface area (Å²) in [5, 5.41) is 2.69. The van der Waals surface area contributed by atoms with Gasteiger partial charge in [-0.15, -0.1) is 0 Å². The lowest BCUT2D eigenvalue weighted by molar-refractivity contribution is 0.337. The molecular formula is C13H17F3N2. The predicted octanol–water partition coefficient (Wildman–Crippen LogP) is 3.00. The zero-order valence-corrected chi connectivity index (χ0v) is 10.2. The molecule has 2 rings (SSSR count). The van der Waals surface area contributed by atoms with E-state index in [1.807, 2.05) is 0 Å². The summed E-state index contributed by atoms with van der Waals surface area (Å²) in [6.07, 6.45) is 3.28. The number of anilines is 1. The van der Waals surface area contributed by atoms with Crippen LogP contribution in [0.15, 0.2) is 12.1 Å². The van der Waals surface area contributed by atoms with Gasteiger partial charge in [-0.1, -0.05) is 0 Å². The molecule has 2 nitrogen and oxygen atoms in total. The Kier molecular flexibility index (Phi) is 4.47.